The van der Waals surface area contributed by atoms with Crippen LogP contribution in [-0.4, -0.2) is 22.0 Å². The van der Waals surface area contributed by atoms with Gasteiger partial charge in [0.1, 0.15) is 5.15 Å². The minimum atomic E-state index is -1.11. The predicted molar refractivity (Wildman–Crippen MR) is 80.6 cm³/mol. The van der Waals surface area contributed by atoms with Gasteiger partial charge in [0, 0.05) is 6.20 Å². The van der Waals surface area contributed by atoms with E-state index in [0.29, 0.717) is 0 Å². The van der Waals surface area contributed by atoms with Gasteiger partial charge in [-0.25, -0.2) is 9.78 Å². The third-order valence-electron chi connectivity index (χ3n) is 2.53. The quantitative estimate of drug-likeness (QED) is 0.824. The number of amides is 1. The first-order valence-electron chi connectivity index (χ1n) is 5.53. The summed E-state index contributed by atoms with van der Waals surface area (Å²) in [5.74, 6) is -1.65. The molecule has 0 aliphatic carbocycles. The molecule has 1 aromatic carbocycles. The van der Waals surface area contributed by atoms with E-state index in [0.717, 1.165) is 0 Å². The summed E-state index contributed by atoms with van der Waals surface area (Å²) in [4.78, 5) is 26.6. The summed E-state index contributed by atoms with van der Waals surface area (Å²) in [6, 6.07) is 5.27. The first kappa shape index (κ1) is 15.6. The van der Waals surface area contributed by atoms with Crippen LogP contribution < -0.4 is 5.32 Å². The molecular formula is C13H7Cl3N2O3. The second-order valence-corrected chi connectivity index (χ2v) is 5.14. The largest absolute Gasteiger partial charge is 0.478 e. The van der Waals surface area contributed by atoms with Crippen molar-refractivity contribution in [2.75, 3.05) is 5.32 Å². The molecule has 0 saturated heterocycles. The number of nitrogens with one attached hydrogen (secondary N) is 1. The van der Waals surface area contributed by atoms with Crippen molar-refractivity contribution in [1.82, 2.24) is 4.98 Å². The molecule has 0 radical (unpaired) electrons. The van der Waals surface area contributed by atoms with Crippen LogP contribution in [0.1, 0.15) is 20.7 Å². The number of hydrogen-bond acceptors (Lipinski definition) is 3. The highest BCUT2D eigenvalue weighted by Crippen LogP contribution is 2.25. The maximum absolute atomic E-state index is 12.1. The number of aromatic carboxylic acids is 1. The number of anilines is 1. The molecule has 1 aromatic heterocycles. The van der Waals surface area contributed by atoms with Crippen molar-refractivity contribution in [3.63, 3.8) is 0 Å². The van der Waals surface area contributed by atoms with Gasteiger partial charge >= 0.3 is 5.97 Å². The van der Waals surface area contributed by atoms with Gasteiger partial charge in [-0.15, -0.1) is 0 Å². The first-order chi connectivity index (χ1) is 9.88. The molecule has 0 aliphatic heterocycles. The van der Waals surface area contributed by atoms with Crippen molar-refractivity contribution in [2.24, 2.45) is 0 Å². The van der Waals surface area contributed by atoms with E-state index < -0.39 is 11.9 Å². The number of benzene rings is 1. The second kappa shape index (κ2) is 6.30. The standard InChI is InChI=1S/C13H7Cl3N2O3/c14-8-3-6(13(20)21)1-2-10(8)18-12(19)7-4-11(16)17-5-9(7)15/h1-5H,(H,18,19)(H,20,21). The average molecular weight is 346 g/mol. The highest BCUT2D eigenvalue weighted by Gasteiger charge is 2.14. The number of aromatic nitrogens is 1. The molecule has 8 heteroatoms. The number of pyridine rings is 1. The molecule has 1 heterocycles. The molecule has 0 atom stereocenters. The molecule has 0 saturated carbocycles. The van der Waals surface area contributed by atoms with E-state index in [1.54, 1.807) is 0 Å². The highest BCUT2D eigenvalue weighted by atomic mass is 35.5. The van der Waals surface area contributed by atoms with E-state index in [-0.39, 0.29) is 32.0 Å². The van der Waals surface area contributed by atoms with Crippen molar-refractivity contribution >= 4 is 52.4 Å². The van der Waals surface area contributed by atoms with Gasteiger partial charge in [-0.3, -0.25) is 4.79 Å². The molecular weight excluding hydrogens is 339 g/mol. The monoisotopic (exact) mass is 344 g/mol. The SMILES string of the molecule is O=C(O)c1ccc(NC(=O)c2cc(Cl)ncc2Cl)c(Cl)c1. The van der Waals surface area contributed by atoms with Crippen molar-refractivity contribution in [1.29, 1.82) is 0 Å². The number of carboxylic acid groups (broad SMARTS) is 1. The van der Waals surface area contributed by atoms with E-state index >= 15 is 0 Å². The Hall–Kier alpha value is -1.82. The third kappa shape index (κ3) is 3.64. The summed E-state index contributed by atoms with van der Waals surface area (Å²) in [6.45, 7) is 0. The van der Waals surface area contributed by atoms with Crippen molar-refractivity contribution in [3.05, 3.63) is 56.8 Å². The summed E-state index contributed by atoms with van der Waals surface area (Å²) in [6.07, 6.45) is 1.26. The van der Waals surface area contributed by atoms with Gasteiger partial charge in [0.05, 0.1) is 26.9 Å². The fourth-order valence-corrected chi connectivity index (χ4v) is 2.10. The van der Waals surface area contributed by atoms with Crippen LogP contribution in [0.4, 0.5) is 5.69 Å². The number of rotatable bonds is 3. The zero-order valence-corrected chi connectivity index (χ0v) is 12.5. The first-order valence-corrected chi connectivity index (χ1v) is 6.67. The van der Waals surface area contributed by atoms with Crippen molar-refractivity contribution in [2.45, 2.75) is 0 Å². The highest BCUT2D eigenvalue weighted by molar-refractivity contribution is 6.36. The lowest BCUT2D eigenvalue weighted by molar-refractivity contribution is 0.0696. The van der Waals surface area contributed by atoms with Gasteiger partial charge in [0.15, 0.2) is 0 Å². The van der Waals surface area contributed by atoms with Crippen LogP contribution in [0.25, 0.3) is 0 Å². The topological polar surface area (TPSA) is 79.3 Å². The molecule has 2 aromatic rings. The van der Waals surface area contributed by atoms with Crippen LogP contribution >= 0.6 is 34.8 Å². The van der Waals surface area contributed by atoms with Gasteiger partial charge in [-0.1, -0.05) is 34.8 Å². The van der Waals surface area contributed by atoms with Gasteiger partial charge in [-0.2, -0.15) is 0 Å². The Labute approximate surface area is 134 Å². The molecule has 0 bridgehead atoms. The van der Waals surface area contributed by atoms with Gasteiger partial charge in [-0.05, 0) is 24.3 Å². The summed E-state index contributed by atoms with van der Waals surface area (Å²) < 4.78 is 0. The zero-order chi connectivity index (χ0) is 15.6. The Bertz CT molecular complexity index is 735. The van der Waals surface area contributed by atoms with Crippen LogP contribution in [0, 0.1) is 0 Å². The van der Waals surface area contributed by atoms with Gasteiger partial charge in [0.25, 0.3) is 5.91 Å². The van der Waals surface area contributed by atoms with Crippen molar-refractivity contribution < 1.29 is 14.7 Å². The molecule has 108 valence electrons. The number of carbonyl (C=O) groups is 2. The van der Waals surface area contributed by atoms with Crippen LogP contribution in [0.2, 0.25) is 15.2 Å². The van der Waals surface area contributed by atoms with E-state index in [4.69, 9.17) is 39.9 Å². The molecule has 1 amide bonds. The summed E-state index contributed by atoms with van der Waals surface area (Å²) >= 11 is 17.5. The molecule has 2 N–H and O–H groups in total. The predicted octanol–water partition coefficient (Wildman–Crippen LogP) is 3.99. The maximum atomic E-state index is 12.1. The summed E-state index contributed by atoms with van der Waals surface area (Å²) in [7, 11) is 0. The Kier molecular flexibility index (Phi) is 4.67. The molecule has 0 spiro atoms. The minimum Gasteiger partial charge on any atom is -0.478 e. The summed E-state index contributed by atoms with van der Waals surface area (Å²) in [5.41, 5.74) is 0.411. The van der Waals surface area contributed by atoms with E-state index in [2.05, 4.69) is 10.3 Å². The molecule has 0 aliphatic rings. The molecule has 0 unspecified atom stereocenters. The summed E-state index contributed by atoms with van der Waals surface area (Å²) in [5, 5.41) is 11.7. The smallest absolute Gasteiger partial charge is 0.335 e. The lowest BCUT2D eigenvalue weighted by atomic mass is 10.2. The zero-order valence-electron chi connectivity index (χ0n) is 10.2. The Morgan fingerprint density at radius 1 is 1.10 bits per heavy atom. The normalized spacial score (nSPS) is 10.2. The fraction of sp³-hybridized carbons (Fsp3) is 0. The average Bonchev–Trinajstić information content (AvgIpc) is 2.43. The number of carboxylic acids is 1. The fourth-order valence-electron chi connectivity index (χ4n) is 1.53. The molecule has 5 nitrogen and oxygen atoms in total. The van der Waals surface area contributed by atoms with Crippen LogP contribution in [0.5, 0.6) is 0 Å². The number of hydrogen-bond donors (Lipinski definition) is 2. The number of halogens is 3. The van der Waals surface area contributed by atoms with E-state index in [1.165, 1.54) is 30.5 Å². The van der Waals surface area contributed by atoms with Crippen LogP contribution in [0.3, 0.4) is 0 Å². The Morgan fingerprint density at radius 2 is 1.81 bits per heavy atom. The van der Waals surface area contributed by atoms with Crippen LogP contribution in [-0.2, 0) is 0 Å². The van der Waals surface area contributed by atoms with E-state index in [9.17, 15) is 9.59 Å². The minimum absolute atomic E-state index is 0.0167. The molecule has 2 rings (SSSR count). The van der Waals surface area contributed by atoms with Crippen LogP contribution in [0.15, 0.2) is 30.5 Å². The van der Waals surface area contributed by atoms with Gasteiger partial charge in [0.2, 0.25) is 0 Å². The Morgan fingerprint density at radius 3 is 2.43 bits per heavy atom. The lowest BCUT2D eigenvalue weighted by Crippen LogP contribution is -2.13. The second-order valence-electron chi connectivity index (χ2n) is 3.94. The molecule has 21 heavy (non-hydrogen) atoms. The van der Waals surface area contributed by atoms with Gasteiger partial charge < -0.3 is 10.4 Å². The maximum Gasteiger partial charge on any atom is 0.335 e. The number of nitrogens with zero attached hydrogens (tertiary/aromatic N) is 1. The number of carbonyl (C=O) groups excluding carboxylic acids is 1. The Balaban J connectivity index is 2.27. The van der Waals surface area contributed by atoms with Crippen molar-refractivity contribution in [3.8, 4) is 0 Å². The lowest BCUT2D eigenvalue weighted by Gasteiger charge is -2.09. The molecule has 0 fully saturated rings. The third-order valence-corrected chi connectivity index (χ3v) is 3.35. The van der Waals surface area contributed by atoms with E-state index in [1.807, 2.05) is 0 Å².